The van der Waals surface area contributed by atoms with Crippen LogP contribution in [0.25, 0.3) is 0 Å². The van der Waals surface area contributed by atoms with Crippen molar-refractivity contribution in [3.05, 3.63) is 58.4 Å². The summed E-state index contributed by atoms with van der Waals surface area (Å²) in [5.74, 6) is -0.925. The summed E-state index contributed by atoms with van der Waals surface area (Å²) in [6.45, 7) is 7.27. The van der Waals surface area contributed by atoms with E-state index in [0.717, 1.165) is 5.56 Å². The van der Waals surface area contributed by atoms with E-state index < -0.39 is 11.9 Å². The fraction of sp³-hybridized carbons (Fsp3) is 0.333. The second-order valence-electron chi connectivity index (χ2n) is 5.30. The number of H-pyrrole nitrogens is 1. The summed E-state index contributed by atoms with van der Waals surface area (Å²) in [6, 6.07) is 9.50. The summed E-state index contributed by atoms with van der Waals surface area (Å²) in [6.07, 6.45) is -0.372. The van der Waals surface area contributed by atoms with Gasteiger partial charge >= 0.3 is 11.9 Å². The fourth-order valence-corrected chi connectivity index (χ4v) is 2.48. The van der Waals surface area contributed by atoms with Gasteiger partial charge in [0.1, 0.15) is 11.8 Å². The van der Waals surface area contributed by atoms with Crippen LogP contribution >= 0.6 is 0 Å². The highest BCUT2D eigenvalue weighted by Gasteiger charge is 2.25. The van der Waals surface area contributed by atoms with Crippen molar-refractivity contribution in [1.82, 2.24) is 4.98 Å². The number of ether oxygens (including phenoxy) is 2. The molecule has 1 aromatic carbocycles. The Bertz CT molecular complexity index is 703. The quantitative estimate of drug-likeness (QED) is 0.854. The van der Waals surface area contributed by atoms with Gasteiger partial charge in [-0.1, -0.05) is 30.3 Å². The molecule has 0 aliphatic carbocycles. The lowest BCUT2D eigenvalue weighted by Gasteiger charge is -2.14. The minimum Gasteiger partial charge on any atom is -0.461 e. The average Bonchev–Trinajstić information content (AvgIpc) is 2.83. The van der Waals surface area contributed by atoms with Crippen molar-refractivity contribution in [1.29, 1.82) is 0 Å². The second-order valence-corrected chi connectivity index (χ2v) is 5.30. The van der Waals surface area contributed by atoms with Gasteiger partial charge in [-0.3, -0.25) is 0 Å². The molecule has 0 amide bonds. The summed E-state index contributed by atoms with van der Waals surface area (Å²) in [7, 11) is 0. The fourth-order valence-electron chi connectivity index (χ4n) is 2.48. The van der Waals surface area contributed by atoms with Crippen LogP contribution in [0.1, 0.15) is 57.6 Å². The summed E-state index contributed by atoms with van der Waals surface area (Å²) in [5.41, 5.74) is 2.74. The van der Waals surface area contributed by atoms with E-state index in [4.69, 9.17) is 9.47 Å². The number of benzene rings is 1. The number of carbonyl (C=O) groups is 2. The van der Waals surface area contributed by atoms with Gasteiger partial charge in [-0.15, -0.1) is 0 Å². The zero-order chi connectivity index (χ0) is 17.0. The first-order valence-electron chi connectivity index (χ1n) is 7.57. The van der Waals surface area contributed by atoms with Gasteiger partial charge in [-0.25, -0.2) is 9.59 Å². The molecule has 1 N–H and O–H groups in total. The van der Waals surface area contributed by atoms with Gasteiger partial charge in [-0.05, 0) is 38.8 Å². The first kappa shape index (κ1) is 16.8. The van der Waals surface area contributed by atoms with Crippen LogP contribution in [0, 0.1) is 13.8 Å². The Morgan fingerprint density at radius 3 is 2.39 bits per heavy atom. The third-order valence-electron chi connectivity index (χ3n) is 3.67. The Morgan fingerprint density at radius 1 is 1.13 bits per heavy atom. The van der Waals surface area contributed by atoms with Gasteiger partial charge in [0.25, 0.3) is 0 Å². The Kier molecular flexibility index (Phi) is 5.21. The van der Waals surface area contributed by atoms with Crippen molar-refractivity contribution in [2.45, 2.75) is 33.8 Å². The zero-order valence-corrected chi connectivity index (χ0v) is 13.8. The minimum absolute atomic E-state index is 0.279. The van der Waals surface area contributed by atoms with Crippen molar-refractivity contribution in [3.8, 4) is 0 Å². The van der Waals surface area contributed by atoms with Crippen LogP contribution in [0.4, 0.5) is 0 Å². The number of rotatable bonds is 5. The van der Waals surface area contributed by atoms with Gasteiger partial charge in [0.15, 0.2) is 0 Å². The van der Waals surface area contributed by atoms with Crippen molar-refractivity contribution < 1.29 is 19.1 Å². The number of aromatic amines is 1. The van der Waals surface area contributed by atoms with Crippen molar-refractivity contribution in [2.24, 2.45) is 0 Å². The van der Waals surface area contributed by atoms with Crippen LogP contribution in [0.15, 0.2) is 30.3 Å². The summed E-state index contributed by atoms with van der Waals surface area (Å²) in [4.78, 5) is 27.3. The highest BCUT2D eigenvalue weighted by atomic mass is 16.5. The Labute approximate surface area is 135 Å². The standard InChI is InChI=1S/C18H21NO4/c1-5-22-18(21)16-11(2)15(12(3)19-16)17(20)23-13(4)14-9-7-6-8-10-14/h6-10,13,19H,5H2,1-4H3. The molecule has 122 valence electrons. The monoisotopic (exact) mass is 315 g/mol. The molecular formula is C18H21NO4. The molecule has 2 rings (SSSR count). The summed E-state index contributed by atoms with van der Waals surface area (Å²) < 4.78 is 10.5. The average molecular weight is 315 g/mol. The van der Waals surface area contributed by atoms with Gasteiger partial charge in [0.05, 0.1) is 12.2 Å². The Morgan fingerprint density at radius 2 is 1.78 bits per heavy atom. The van der Waals surface area contributed by atoms with Crippen LogP contribution < -0.4 is 0 Å². The maximum Gasteiger partial charge on any atom is 0.355 e. The number of hydrogen-bond acceptors (Lipinski definition) is 4. The molecule has 2 aromatic rings. The molecular weight excluding hydrogens is 294 g/mol. The molecule has 5 heteroatoms. The SMILES string of the molecule is CCOC(=O)c1[nH]c(C)c(C(=O)OC(C)c2ccccc2)c1C. The Hall–Kier alpha value is -2.56. The normalized spacial score (nSPS) is 11.8. The van der Waals surface area contributed by atoms with Crippen molar-refractivity contribution in [2.75, 3.05) is 6.61 Å². The highest BCUT2D eigenvalue weighted by molar-refractivity contribution is 5.98. The molecule has 0 fully saturated rings. The second kappa shape index (κ2) is 7.13. The van der Waals surface area contributed by atoms with Crippen LogP contribution in [0.3, 0.4) is 0 Å². The molecule has 0 bridgehead atoms. The van der Waals surface area contributed by atoms with E-state index in [0.29, 0.717) is 22.5 Å². The molecule has 0 spiro atoms. The van der Waals surface area contributed by atoms with E-state index in [1.165, 1.54) is 0 Å². The maximum atomic E-state index is 12.5. The molecule has 0 aliphatic rings. The van der Waals surface area contributed by atoms with Crippen molar-refractivity contribution >= 4 is 11.9 Å². The molecule has 1 heterocycles. The summed E-state index contributed by atoms with van der Waals surface area (Å²) >= 11 is 0. The molecule has 0 saturated carbocycles. The van der Waals surface area contributed by atoms with Gasteiger partial charge in [-0.2, -0.15) is 0 Å². The van der Waals surface area contributed by atoms with Crippen LogP contribution in [0.2, 0.25) is 0 Å². The van der Waals surface area contributed by atoms with Gasteiger partial charge in [0, 0.05) is 5.69 Å². The van der Waals surface area contributed by atoms with E-state index >= 15 is 0 Å². The van der Waals surface area contributed by atoms with E-state index in [1.54, 1.807) is 20.8 Å². The lowest BCUT2D eigenvalue weighted by molar-refractivity contribution is 0.0336. The number of nitrogens with one attached hydrogen (secondary N) is 1. The molecule has 1 atom stereocenters. The Balaban J connectivity index is 2.21. The lowest BCUT2D eigenvalue weighted by Crippen LogP contribution is -2.11. The first-order chi connectivity index (χ1) is 11.0. The summed E-state index contributed by atoms with van der Waals surface area (Å²) in [5, 5.41) is 0. The molecule has 23 heavy (non-hydrogen) atoms. The van der Waals surface area contributed by atoms with E-state index in [1.807, 2.05) is 37.3 Å². The van der Waals surface area contributed by atoms with Crippen LogP contribution in [-0.2, 0) is 9.47 Å². The van der Waals surface area contributed by atoms with Crippen molar-refractivity contribution in [3.63, 3.8) is 0 Å². The first-order valence-corrected chi connectivity index (χ1v) is 7.57. The number of esters is 2. The smallest absolute Gasteiger partial charge is 0.355 e. The highest BCUT2D eigenvalue weighted by Crippen LogP contribution is 2.23. The number of aromatic nitrogens is 1. The molecule has 0 saturated heterocycles. The molecule has 0 aliphatic heterocycles. The minimum atomic E-state index is -0.469. The molecule has 5 nitrogen and oxygen atoms in total. The third kappa shape index (κ3) is 3.62. The van der Waals surface area contributed by atoms with Crippen LogP contribution in [0.5, 0.6) is 0 Å². The topological polar surface area (TPSA) is 68.4 Å². The number of hydrogen-bond donors (Lipinski definition) is 1. The largest absolute Gasteiger partial charge is 0.461 e. The third-order valence-corrected chi connectivity index (χ3v) is 3.67. The number of aryl methyl sites for hydroxylation is 1. The lowest BCUT2D eigenvalue weighted by atomic mass is 10.1. The van der Waals surface area contributed by atoms with E-state index in [2.05, 4.69) is 4.98 Å². The zero-order valence-electron chi connectivity index (χ0n) is 13.8. The number of carbonyl (C=O) groups excluding carboxylic acids is 2. The van der Waals surface area contributed by atoms with Gasteiger partial charge in [0.2, 0.25) is 0 Å². The molecule has 1 unspecified atom stereocenters. The predicted octanol–water partition coefficient (Wildman–Crippen LogP) is 3.73. The van der Waals surface area contributed by atoms with E-state index in [-0.39, 0.29) is 12.7 Å². The molecule has 1 aromatic heterocycles. The predicted molar refractivity (Wildman–Crippen MR) is 86.5 cm³/mol. The molecule has 0 radical (unpaired) electrons. The maximum absolute atomic E-state index is 12.5. The van der Waals surface area contributed by atoms with Gasteiger partial charge < -0.3 is 14.5 Å². The van der Waals surface area contributed by atoms with E-state index in [9.17, 15) is 9.59 Å². The van der Waals surface area contributed by atoms with Crippen LogP contribution in [-0.4, -0.2) is 23.5 Å².